The lowest BCUT2D eigenvalue weighted by Gasteiger charge is -2.05. The molecule has 0 aliphatic heterocycles. The minimum atomic E-state index is -0.106. The summed E-state index contributed by atoms with van der Waals surface area (Å²) in [7, 11) is 0. The number of nitrogens with one attached hydrogen (secondary N) is 1. The van der Waals surface area contributed by atoms with E-state index in [-0.39, 0.29) is 5.91 Å². The first-order valence-electron chi connectivity index (χ1n) is 6.01. The monoisotopic (exact) mass is 278 g/mol. The maximum atomic E-state index is 11.3. The maximum absolute atomic E-state index is 11.3. The first-order chi connectivity index (χ1) is 9.33. The first kappa shape index (κ1) is 15.3. The zero-order chi connectivity index (χ0) is 13.8. The summed E-state index contributed by atoms with van der Waals surface area (Å²) in [6.07, 6.45) is 5.13. The Labute approximate surface area is 117 Å². The predicted molar refractivity (Wildman–Crippen MR) is 80.7 cm³/mol. The molecule has 1 aromatic carbocycles. The van der Waals surface area contributed by atoms with Gasteiger partial charge in [-0.3, -0.25) is 4.79 Å². The van der Waals surface area contributed by atoms with Crippen LogP contribution in [0.4, 0.5) is 0 Å². The number of amides is 1. The van der Waals surface area contributed by atoms with E-state index >= 15 is 0 Å². The molecule has 1 rings (SSSR count). The quantitative estimate of drug-likeness (QED) is 0.451. The van der Waals surface area contributed by atoms with Gasteiger partial charge in [-0.25, -0.2) is 5.43 Å². The van der Waals surface area contributed by atoms with Gasteiger partial charge in [-0.05, 0) is 25.1 Å². The third-order valence-corrected chi connectivity index (χ3v) is 2.94. The van der Waals surface area contributed by atoms with E-state index in [2.05, 4.69) is 10.5 Å². The number of carbonyl (C=O) groups is 1. The van der Waals surface area contributed by atoms with Crippen LogP contribution in [-0.4, -0.2) is 30.2 Å². The van der Waals surface area contributed by atoms with Crippen molar-refractivity contribution in [3.8, 4) is 5.75 Å². The lowest BCUT2D eigenvalue weighted by Crippen LogP contribution is -2.20. The minimum absolute atomic E-state index is 0.106. The largest absolute Gasteiger partial charge is 0.493 e. The standard InChI is InChI=1S/C14H18N2O2S/c1-2-3-9-15-16-14(17)12-19-11-10-18-13-7-5-4-6-8-13/h2-9H,10-12H2,1H3,(H,16,17)/b3-2+,15-9+. The molecule has 0 aromatic heterocycles. The minimum Gasteiger partial charge on any atom is -0.493 e. The second-order valence-electron chi connectivity index (χ2n) is 3.55. The first-order valence-corrected chi connectivity index (χ1v) is 7.17. The van der Waals surface area contributed by atoms with Crippen LogP contribution in [0.3, 0.4) is 0 Å². The fraction of sp³-hybridized carbons (Fsp3) is 0.286. The number of rotatable bonds is 8. The molecule has 0 saturated carbocycles. The Morgan fingerprint density at radius 1 is 1.42 bits per heavy atom. The second kappa shape index (κ2) is 10.2. The lowest BCUT2D eigenvalue weighted by atomic mass is 10.3. The third kappa shape index (κ3) is 8.05. The summed E-state index contributed by atoms with van der Waals surface area (Å²) in [5, 5.41) is 3.75. The smallest absolute Gasteiger partial charge is 0.250 e. The lowest BCUT2D eigenvalue weighted by molar-refractivity contribution is -0.118. The van der Waals surface area contributed by atoms with Crippen molar-refractivity contribution < 1.29 is 9.53 Å². The molecule has 5 heteroatoms. The number of para-hydroxylation sites is 1. The normalized spacial score (nSPS) is 11.0. The van der Waals surface area contributed by atoms with Crippen LogP contribution in [0.2, 0.25) is 0 Å². The predicted octanol–water partition coefficient (Wildman–Crippen LogP) is 2.48. The second-order valence-corrected chi connectivity index (χ2v) is 4.66. The number of hydrogen-bond donors (Lipinski definition) is 1. The molecule has 0 atom stereocenters. The van der Waals surface area contributed by atoms with E-state index in [4.69, 9.17) is 4.74 Å². The van der Waals surface area contributed by atoms with E-state index in [9.17, 15) is 4.79 Å². The molecule has 0 spiro atoms. The number of ether oxygens (including phenoxy) is 1. The zero-order valence-corrected chi connectivity index (χ0v) is 11.7. The fourth-order valence-electron chi connectivity index (χ4n) is 1.17. The zero-order valence-electron chi connectivity index (χ0n) is 10.9. The van der Waals surface area contributed by atoms with Gasteiger partial charge in [-0.2, -0.15) is 5.10 Å². The van der Waals surface area contributed by atoms with E-state index in [0.717, 1.165) is 11.5 Å². The number of hydrazone groups is 1. The van der Waals surface area contributed by atoms with E-state index in [1.807, 2.05) is 43.3 Å². The van der Waals surface area contributed by atoms with Crippen LogP contribution >= 0.6 is 11.8 Å². The Hall–Kier alpha value is -1.75. The molecule has 1 aromatic rings. The van der Waals surface area contributed by atoms with Crippen LogP contribution in [0.25, 0.3) is 0 Å². The highest BCUT2D eigenvalue weighted by molar-refractivity contribution is 7.99. The van der Waals surface area contributed by atoms with E-state index in [1.165, 1.54) is 11.8 Å². The van der Waals surface area contributed by atoms with Crippen LogP contribution < -0.4 is 10.2 Å². The highest BCUT2D eigenvalue weighted by Crippen LogP contribution is 2.09. The highest BCUT2D eigenvalue weighted by Gasteiger charge is 1.99. The van der Waals surface area contributed by atoms with Crippen molar-refractivity contribution in [2.24, 2.45) is 5.10 Å². The van der Waals surface area contributed by atoms with Crippen LogP contribution in [0.15, 0.2) is 47.6 Å². The van der Waals surface area contributed by atoms with Crippen molar-refractivity contribution in [3.63, 3.8) is 0 Å². The number of thioether (sulfide) groups is 1. The molecule has 19 heavy (non-hydrogen) atoms. The van der Waals surface area contributed by atoms with Crippen molar-refractivity contribution in [1.29, 1.82) is 0 Å². The molecular formula is C14H18N2O2S. The van der Waals surface area contributed by atoms with Crippen LogP contribution in [-0.2, 0) is 4.79 Å². The molecule has 0 aliphatic rings. The number of hydrogen-bond acceptors (Lipinski definition) is 4. The van der Waals surface area contributed by atoms with E-state index in [1.54, 1.807) is 12.3 Å². The Kier molecular flexibility index (Phi) is 8.22. The van der Waals surface area contributed by atoms with Crippen LogP contribution in [0.1, 0.15) is 6.92 Å². The average molecular weight is 278 g/mol. The molecule has 4 nitrogen and oxygen atoms in total. The van der Waals surface area contributed by atoms with E-state index < -0.39 is 0 Å². The van der Waals surface area contributed by atoms with Gasteiger partial charge in [0, 0.05) is 12.0 Å². The average Bonchev–Trinajstić information content (AvgIpc) is 2.44. The molecule has 0 unspecified atom stereocenters. The summed E-state index contributed by atoms with van der Waals surface area (Å²) in [4.78, 5) is 11.3. The Morgan fingerprint density at radius 2 is 2.21 bits per heavy atom. The van der Waals surface area contributed by atoms with Gasteiger partial charge in [0.05, 0.1) is 12.4 Å². The van der Waals surface area contributed by atoms with Gasteiger partial charge in [0.15, 0.2) is 0 Å². The number of carbonyl (C=O) groups excluding carboxylic acids is 1. The Morgan fingerprint density at radius 3 is 2.95 bits per heavy atom. The Balaban J connectivity index is 2.03. The van der Waals surface area contributed by atoms with Crippen molar-refractivity contribution in [3.05, 3.63) is 42.5 Å². The summed E-state index contributed by atoms with van der Waals surface area (Å²) in [5.74, 6) is 1.89. The number of benzene rings is 1. The van der Waals surface area contributed by atoms with Crippen LogP contribution in [0.5, 0.6) is 5.75 Å². The van der Waals surface area contributed by atoms with Crippen LogP contribution in [0, 0.1) is 0 Å². The molecule has 0 aliphatic carbocycles. The summed E-state index contributed by atoms with van der Waals surface area (Å²) < 4.78 is 5.51. The van der Waals surface area contributed by atoms with Gasteiger partial charge in [0.25, 0.3) is 0 Å². The third-order valence-electron chi connectivity index (χ3n) is 2.02. The molecule has 1 N–H and O–H groups in total. The molecule has 0 heterocycles. The van der Waals surface area contributed by atoms with Crippen molar-refractivity contribution in [1.82, 2.24) is 5.43 Å². The van der Waals surface area contributed by atoms with Gasteiger partial charge < -0.3 is 4.74 Å². The summed E-state index contributed by atoms with van der Waals surface area (Å²) in [6.45, 7) is 2.47. The topological polar surface area (TPSA) is 50.7 Å². The number of allylic oxidation sites excluding steroid dienone is 2. The molecular weight excluding hydrogens is 260 g/mol. The Bertz CT molecular complexity index is 419. The van der Waals surface area contributed by atoms with Gasteiger partial charge in [0.1, 0.15) is 5.75 Å². The fourth-order valence-corrected chi connectivity index (χ4v) is 1.77. The molecule has 1 amide bonds. The van der Waals surface area contributed by atoms with Crippen molar-refractivity contribution in [2.75, 3.05) is 18.1 Å². The van der Waals surface area contributed by atoms with Gasteiger partial charge in [0.2, 0.25) is 5.91 Å². The molecule has 0 radical (unpaired) electrons. The summed E-state index contributed by atoms with van der Waals surface area (Å²) >= 11 is 1.52. The SMILES string of the molecule is C/C=C/C=N/NC(=O)CSCCOc1ccccc1. The van der Waals surface area contributed by atoms with Gasteiger partial charge >= 0.3 is 0 Å². The summed E-state index contributed by atoms with van der Waals surface area (Å²) in [5.41, 5.74) is 2.44. The van der Waals surface area contributed by atoms with E-state index in [0.29, 0.717) is 12.4 Å². The van der Waals surface area contributed by atoms with Gasteiger partial charge in [-0.15, -0.1) is 11.8 Å². The van der Waals surface area contributed by atoms with Gasteiger partial charge in [-0.1, -0.05) is 24.3 Å². The highest BCUT2D eigenvalue weighted by atomic mass is 32.2. The maximum Gasteiger partial charge on any atom is 0.250 e. The van der Waals surface area contributed by atoms with Crippen molar-refractivity contribution in [2.45, 2.75) is 6.92 Å². The summed E-state index contributed by atoms with van der Waals surface area (Å²) in [6, 6.07) is 9.62. The molecule has 0 bridgehead atoms. The molecule has 0 fully saturated rings. The number of nitrogens with zero attached hydrogens (tertiary/aromatic N) is 1. The molecule has 0 saturated heterocycles. The molecule has 102 valence electrons. The van der Waals surface area contributed by atoms with Crippen molar-refractivity contribution >= 4 is 23.9 Å².